The first kappa shape index (κ1) is 17.5. The van der Waals surface area contributed by atoms with Gasteiger partial charge in [-0.25, -0.2) is 4.98 Å². The Balaban J connectivity index is 1.61. The average molecular weight is 360 g/mol. The summed E-state index contributed by atoms with van der Waals surface area (Å²) in [5, 5.41) is 0. The summed E-state index contributed by atoms with van der Waals surface area (Å²) in [5.74, 6) is 1.04. The maximum absolute atomic E-state index is 13.2. The summed E-state index contributed by atoms with van der Waals surface area (Å²) < 4.78 is 2.03. The van der Waals surface area contributed by atoms with Crippen LogP contribution in [0.15, 0.2) is 60.8 Å². The minimum Gasteiger partial charge on any atom is -0.336 e. The van der Waals surface area contributed by atoms with Gasteiger partial charge in [-0.3, -0.25) is 4.79 Å². The highest BCUT2D eigenvalue weighted by molar-refractivity contribution is 5.96. The quantitative estimate of drug-likeness (QED) is 0.781. The Morgan fingerprint density at radius 2 is 1.81 bits per heavy atom. The maximum atomic E-state index is 13.2. The van der Waals surface area contributed by atoms with Gasteiger partial charge >= 0.3 is 0 Å². The average Bonchev–Trinajstić information content (AvgIpc) is 3.22. The Kier molecular flexibility index (Phi) is 4.54. The highest BCUT2D eigenvalue weighted by Crippen LogP contribution is 2.29. The SMILES string of the molecule is Cc1cc(C(=O)N2C[C@@H](N)[C@H](c3ccccc3)C2)c(C)n1-c1ccccn1. The Bertz CT molecular complexity index is 949. The minimum absolute atomic E-state index is 0.0409. The molecule has 2 atom stereocenters. The molecular formula is C22H24N4O. The van der Waals surface area contributed by atoms with E-state index in [9.17, 15) is 4.79 Å². The predicted octanol–water partition coefficient (Wildman–Crippen LogP) is 3.06. The van der Waals surface area contributed by atoms with Crippen molar-refractivity contribution in [1.82, 2.24) is 14.5 Å². The smallest absolute Gasteiger partial charge is 0.255 e. The third kappa shape index (κ3) is 3.15. The van der Waals surface area contributed by atoms with Crippen LogP contribution in [0.1, 0.15) is 33.2 Å². The zero-order chi connectivity index (χ0) is 19.0. The number of rotatable bonds is 3. The number of hydrogen-bond acceptors (Lipinski definition) is 3. The van der Waals surface area contributed by atoms with Crippen LogP contribution in [0.5, 0.6) is 0 Å². The molecule has 5 heteroatoms. The van der Waals surface area contributed by atoms with Gasteiger partial charge in [-0.2, -0.15) is 0 Å². The Labute approximate surface area is 159 Å². The summed E-state index contributed by atoms with van der Waals surface area (Å²) in [6.07, 6.45) is 1.76. The van der Waals surface area contributed by atoms with E-state index in [2.05, 4.69) is 17.1 Å². The van der Waals surface area contributed by atoms with Crippen LogP contribution >= 0.6 is 0 Å². The van der Waals surface area contributed by atoms with E-state index in [0.717, 1.165) is 22.8 Å². The van der Waals surface area contributed by atoms with Crippen molar-refractivity contribution in [3.05, 3.63) is 83.3 Å². The number of aromatic nitrogens is 2. The molecule has 1 fully saturated rings. The van der Waals surface area contributed by atoms with E-state index < -0.39 is 0 Å². The summed E-state index contributed by atoms with van der Waals surface area (Å²) in [4.78, 5) is 19.5. The topological polar surface area (TPSA) is 64.2 Å². The number of nitrogens with two attached hydrogens (primary N) is 1. The fraction of sp³-hybridized carbons (Fsp3) is 0.273. The summed E-state index contributed by atoms with van der Waals surface area (Å²) in [5.41, 5.74) is 10.2. The number of likely N-dealkylation sites (tertiary alicyclic amines) is 1. The molecule has 1 aliphatic heterocycles. The molecule has 27 heavy (non-hydrogen) atoms. The maximum Gasteiger partial charge on any atom is 0.255 e. The van der Waals surface area contributed by atoms with Gasteiger partial charge in [0.1, 0.15) is 5.82 Å². The molecule has 0 spiro atoms. The van der Waals surface area contributed by atoms with Crippen LogP contribution in [0.2, 0.25) is 0 Å². The van der Waals surface area contributed by atoms with Crippen LogP contribution < -0.4 is 5.73 Å². The standard InChI is InChI=1S/C22H24N4O/c1-15-12-18(16(2)26(15)21-10-6-7-11-24-21)22(27)25-13-19(20(23)14-25)17-8-4-3-5-9-17/h3-12,19-20H,13-14,23H2,1-2H3/t19-,20+/m0/s1. The van der Waals surface area contributed by atoms with Crippen molar-refractivity contribution in [2.45, 2.75) is 25.8 Å². The predicted molar refractivity (Wildman–Crippen MR) is 106 cm³/mol. The summed E-state index contributed by atoms with van der Waals surface area (Å²) in [6, 6.07) is 17.9. The van der Waals surface area contributed by atoms with Gasteiger partial charge < -0.3 is 15.2 Å². The van der Waals surface area contributed by atoms with Crippen molar-refractivity contribution in [3.8, 4) is 5.82 Å². The summed E-state index contributed by atoms with van der Waals surface area (Å²) in [7, 11) is 0. The van der Waals surface area contributed by atoms with E-state index >= 15 is 0 Å². The van der Waals surface area contributed by atoms with Gasteiger partial charge in [-0.05, 0) is 37.6 Å². The monoisotopic (exact) mass is 360 g/mol. The molecule has 3 aromatic rings. The zero-order valence-electron chi connectivity index (χ0n) is 15.7. The third-order valence-electron chi connectivity index (χ3n) is 5.42. The van der Waals surface area contributed by atoms with E-state index in [-0.39, 0.29) is 17.9 Å². The van der Waals surface area contributed by atoms with Crippen LogP contribution in [-0.4, -0.2) is 39.5 Å². The Morgan fingerprint density at radius 1 is 1.07 bits per heavy atom. The first-order valence-electron chi connectivity index (χ1n) is 9.26. The molecule has 4 rings (SSSR count). The number of aryl methyl sites for hydroxylation is 1. The van der Waals surface area contributed by atoms with Crippen molar-refractivity contribution in [2.24, 2.45) is 5.73 Å². The summed E-state index contributed by atoms with van der Waals surface area (Å²) >= 11 is 0. The first-order valence-corrected chi connectivity index (χ1v) is 9.26. The number of benzene rings is 1. The van der Waals surface area contributed by atoms with E-state index in [1.807, 2.05) is 65.8 Å². The molecule has 2 aromatic heterocycles. The number of carbonyl (C=O) groups excluding carboxylic acids is 1. The zero-order valence-corrected chi connectivity index (χ0v) is 15.7. The van der Waals surface area contributed by atoms with Crippen LogP contribution in [0, 0.1) is 13.8 Å². The molecule has 0 aliphatic carbocycles. The van der Waals surface area contributed by atoms with E-state index in [0.29, 0.717) is 13.1 Å². The van der Waals surface area contributed by atoms with E-state index in [4.69, 9.17) is 5.73 Å². The van der Waals surface area contributed by atoms with Gasteiger partial charge in [0.05, 0.1) is 5.56 Å². The van der Waals surface area contributed by atoms with E-state index in [1.54, 1.807) is 6.20 Å². The molecule has 0 saturated carbocycles. The van der Waals surface area contributed by atoms with Gasteiger partial charge in [0, 0.05) is 42.6 Å². The highest BCUT2D eigenvalue weighted by atomic mass is 16.2. The molecule has 1 amide bonds. The fourth-order valence-electron chi connectivity index (χ4n) is 4.04. The number of amides is 1. The lowest BCUT2D eigenvalue weighted by Gasteiger charge is -2.17. The molecule has 0 unspecified atom stereocenters. The van der Waals surface area contributed by atoms with Gasteiger partial charge in [-0.15, -0.1) is 0 Å². The number of nitrogens with zero attached hydrogens (tertiary/aromatic N) is 3. The molecule has 0 radical (unpaired) electrons. The van der Waals surface area contributed by atoms with Gasteiger partial charge in [-0.1, -0.05) is 36.4 Å². The first-order chi connectivity index (χ1) is 13.1. The molecule has 1 aliphatic rings. The second kappa shape index (κ2) is 7.00. The van der Waals surface area contributed by atoms with E-state index in [1.165, 1.54) is 5.56 Å². The third-order valence-corrected chi connectivity index (χ3v) is 5.42. The molecule has 2 N–H and O–H groups in total. The molecular weight excluding hydrogens is 336 g/mol. The molecule has 0 bridgehead atoms. The lowest BCUT2D eigenvalue weighted by atomic mass is 9.95. The second-order valence-corrected chi connectivity index (χ2v) is 7.20. The van der Waals surface area contributed by atoms with Crippen molar-refractivity contribution in [1.29, 1.82) is 0 Å². The van der Waals surface area contributed by atoms with Crippen LogP contribution in [0.4, 0.5) is 0 Å². The number of hydrogen-bond donors (Lipinski definition) is 1. The van der Waals surface area contributed by atoms with Crippen LogP contribution in [0.3, 0.4) is 0 Å². The van der Waals surface area contributed by atoms with Crippen molar-refractivity contribution >= 4 is 5.91 Å². The molecule has 5 nitrogen and oxygen atoms in total. The molecule has 3 heterocycles. The van der Waals surface area contributed by atoms with Crippen LogP contribution in [-0.2, 0) is 0 Å². The Hall–Kier alpha value is -2.92. The molecule has 1 aromatic carbocycles. The number of carbonyl (C=O) groups is 1. The van der Waals surface area contributed by atoms with Crippen molar-refractivity contribution < 1.29 is 4.79 Å². The lowest BCUT2D eigenvalue weighted by Crippen LogP contribution is -2.32. The van der Waals surface area contributed by atoms with Gasteiger partial charge in [0.2, 0.25) is 0 Å². The van der Waals surface area contributed by atoms with Crippen LogP contribution in [0.25, 0.3) is 5.82 Å². The number of pyridine rings is 1. The lowest BCUT2D eigenvalue weighted by molar-refractivity contribution is 0.0788. The van der Waals surface area contributed by atoms with Crippen molar-refractivity contribution in [3.63, 3.8) is 0 Å². The highest BCUT2D eigenvalue weighted by Gasteiger charge is 2.35. The minimum atomic E-state index is -0.0457. The van der Waals surface area contributed by atoms with Gasteiger partial charge in [0.25, 0.3) is 5.91 Å². The fourth-order valence-corrected chi connectivity index (χ4v) is 4.04. The van der Waals surface area contributed by atoms with Crippen molar-refractivity contribution in [2.75, 3.05) is 13.1 Å². The second-order valence-electron chi connectivity index (χ2n) is 7.20. The summed E-state index contributed by atoms with van der Waals surface area (Å²) in [6.45, 7) is 5.20. The molecule has 1 saturated heterocycles. The Morgan fingerprint density at radius 3 is 2.52 bits per heavy atom. The van der Waals surface area contributed by atoms with Gasteiger partial charge in [0.15, 0.2) is 0 Å². The normalized spacial score (nSPS) is 19.4. The molecule has 138 valence electrons. The largest absolute Gasteiger partial charge is 0.336 e.